The molecule has 1 nitrogen and oxygen atoms in total. The highest BCUT2D eigenvalue weighted by Crippen LogP contribution is 2.39. The van der Waals surface area contributed by atoms with Crippen molar-refractivity contribution < 1.29 is 0 Å². The number of nitrogens with zero attached hydrogens (tertiary/aromatic N) is 1. The van der Waals surface area contributed by atoms with E-state index in [-0.39, 0.29) is 0 Å². The molecule has 0 saturated heterocycles. The van der Waals surface area contributed by atoms with E-state index in [2.05, 4.69) is 30.9 Å². The predicted octanol–water partition coefficient (Wildman–Crippen LogP) is 5.96. The zero-order chi connectivity index (χ0) is 14.5. The van der Waals surface area contributed by atoms with Crippen LogP contribution in [0.25, 0.3) is 0 Å². The van der Waals surface area contributed by atoms with E-state index in [0.717, 1.165) is 19.0 Å². The van der Waals surface area contributed by atoms with Crippen molar-refractivity contribution >= 4 is 23.2 Å². The fourth-order valence-electron chi connectivity index (χ4n) is 3.54. The first-order valence-electron chi connectivity index (χ1n) is 7.86. The van der Waals surface area contributed by atoms with Crippen LogP contribution in [0.3, 0.4) is 0 Å². The summed E-state index contributed by atoms with van der Waals surface area (Å²) < 4.78 is 0. The maximum absolute atomic E-state index is 6.24. The van der Waals surface area contributed by atoms with Gasteiger partial charge < -0.3 is 0 Å². The average molecular weight is 314 g/mol. The van der Waals surface area contributed by atoms with E-state index in [1.54, 1.807) is 0 Å². The minimum Gasteiger partial charge on any atom is -0.297 e. The van der Waals surface area contributed by atoms with Crippen molar-refractivity contribution in [2.24, 2.45) is 5.92 Å². The molecule has 1 atom stereocenters. The van der Waals surface area contributed by atoms with Gasteiger partial charge in [0.25, 0.3) is 0 Å². The Kier molecular flexibility index (Phi) is 6.20. The molecule has 2 rings (SSSR count). The van der Waals surface area contributed by atoms with E-state index in [9.17, 15) is 0 Å². The lowest BCUT2D eigenvalue weighted by Crippen LogP contribution is -2.34. The van der Waals surface area contributed by atoms with Crippen LogP contribution in [0, 0.1) is 5.92 Å². The Balaban J connectivity index is 2.30. The van der Waals surface area contributed by atoms with E-state index in [1.165, 1.54) is 37.7 Å². The molecule has 0 N–H and O–H groups in total. The van der Waals surface area contributed by atoms with E-state index in [1.807, 2.05) is 6.07 Å². The fraction of sp³-hybridized carbons (Fsp3) is 0.647. The minimum atomic E-state index is 0.486. The van der Waals surface area contributed by atoms with Crippen molar-refractivity contribution in [1.29, 1.82) is 0 Å². The molecule has 1 aliphatic rings. The van der Waals surface area contributed by atoms with Gasteiger partial charge in [0.15, 0.2) is 0 Å². The molecular weight excluding hydrogens is 289 g/mol. The lowest BCUT2D eigenvalue weighted by atomic mass is 9.80. The number of hydrogen-bond donors (Lipinski definition) is 0. The van der Waals surface area contributed by atoms with Crippen LogP contribution in [0.2, 0.25) is 10.0 Å². The molecule has 1 aromatic rings. The maximum Gasteiger partial charge on any atom is 0.0595 e. The molecule has 0 bridgehead atoms. The summed E-state index contributed by atoms with van der Waals surface area (Å²) in [4.78, 5) is 2.57. The summed E-state index contributed by atoms with van der Waals surface area (Å²) in [6, 6.07) is 6.66. The number of rotatable bonds is 5. The summed E-state index contributed by atoms with van der Waals surface area (Å²) in [5, 5.41) is 1.33. The first kappa shape index (κ1) is 16.1. The highest BCUT2D eigenvalue weighted by Gasteiger charge is 2.29. The first-order valence-corrected chi connectivity index (χ1v) is 8.62. The molecule has 0 heterocycles. The lowest BCUT2D eigenvalue weighted by molar-refractivity contribution is 0.128. The van der Waals surface area contributed by atoms with Crippen molar-refractivity contribution in [2.75, 3.05) is 13.1 Å². The third kappa shape index (κ3) is 3.69. The number of benzene rings is 1. The molecule has 112 valence electrons. The molecular formula is C17H25Cl2N. The fourth-order valence-corrected chi connectivity index (χ4v) is 3.85. The molecule has 1 fully saturated rings. The normalized spacial score (nSPS) is 18.4. The van der Waals surface area contributed by atoms with Crippen LogP contribution >= 0.6 is 23.2 Å². The molecule has 20 heavy (non-hydrogen) atoms. The Labute approximate surface area is 133 Å². The number of hydrogen-bond acceptors (Lipinski definition) is 1. The van der Waals surface area contributed by atoms with Crippen LogP contribution in [-0.4, -0.2) is 18.0 Å². The highest BCUT2D eigenvalue weighted by atomic mass is 35.5. The van der Waals surface area contributed by atoms with Gasteiger partial charge in [0, 0.05) is 6.04 Å². The summed E-state index contributed by atoms with van der Waals surface area (Å²) in [6.07, 6.45) is 6.79. The average Bonchev–Trinajstić information content (AvgIpc) is 2.48. The Morgan fingerprint density at radius 3 is 2.25 bits per heavy atom. The molecule has 0 amide bonds. The van der Waals surface area contributed by atoms with E-state index >= 15 is 0 Å². The van der Waals surface area contributed by atoms with E-state index in [4.69, 9.17) is 23.2 Å². The molecule has 1 aromatic carbocycles. The van der Waals surface area contributed by atoms with Crippen molar-refractivity contribution in [1.82, 2.24) is 4.90 Å². The first-order chi connectivity index (χ1) is 9.67. The third-order valence-electron chi connectivity index (χ3n) is 4.59. The van der Waals surface area contributed by atoms with Gasteiger partial charge in [0.2, 0.25) is 0 Å². The second-order valence-corrected chi connectivity index (χ2v) is 6.55. The molecule has 0 aromatic heterocycles. The second-order valence-electron chi connectivity index (χ2n) is 5.74. The second kappa shape index (κ2) is 7.68. The monoisotopic (exact) mass is 313 g/mol. The van der Waals surface area contributed by atoms with Crippen molar-refractivity contribution in [3.05, 3.63) is 33.8 Å². The summed E-state index contributed by atoms with van der Waals surface area (Å²) >= 11 is 12.3. The van der Waals surface area contributed by atoms with Gasteiger partial charge >= 0.3 is 0 Å². The molecule has 3 heteroatoms. The SMILES string of the molecule is CCN(CC)C(c1ccc(Cl)c(Cl)c1)C1CCCCC1. The lowest BCUT2D eigenvalue weighted by Gasteiger charge is -2.38. The van der Waals surface area contributed by atoms with Crippen LogP contribution < -0.4 is 0 Å². The van der Waals surface area contributed by atoms with Crippen molar-refractivity contribution in [3.63, 3.8) is 0 Å². The van der Waals surface area contributed by atoms with Crippen LogP contribution in [0.4, 0.5) is 0 Å². The zero-order valence-electron chi connectivity index (χ0n) is 12.5. The Morgan fingerprint density at radius 2 is 1.70 bits per heavy atom. The molecule has 1 saturated carbocycles. The predicted molar refractivity (Wildman–Crippen MR) is 88.7 cm³/mol. The summed E-state index contributed by atoms with van der Waals surface area (Å²) in [5.74, 6) is 0.751. The Morgan fingerprint density at radius 1 is 1.05 bits per heavy atom. The summed E-state index contributed by atoms with van der Waals surface area (Å²) in [5.41, 5.74) is 1.33. The standard InChI is InChI=1S/C17H25Cl2N/c1-3-20(4-2)17(13-8-6-5-7-9-13)14-10-11-15(18)16(19)12-14/h10-13,17H,3-9H2,1-2H3. The topological polar surface area (TPSA) is 3.24 Å². The van der Waals surface area contributed by atoms with Crippen LogP contribution in [-0.2, 0) is 0 Å². The van der Waals surface area contributed by atoms with Gasteiger partial charge in [0.05, 0.1) is 10.0 Å². The van der Waals surface area contributed by atoms with Crippen LogP contribution in [0.1, 0.15) is 57.6 Å². The summed E-state index contributed by atoms with van der Waals surface area (Å²) in [7, 11) is 0. The molecule has 0 radical (unpaired) electrons. The molecule has 0 spiro atoms. The third-order valence-corrected chi connectivity index (χ3v) is 5.33. The van der Waals surface area contributed by atoms with Gasteiger partial charge in [-0.25, -0.2) is 0 Å². The van der Waals surface area contributed by atoms with Gasteiger partial charge in [-0.15, -0.1) is 0 Å². The summed E-state index contributed by atoms with van der Waals surface area (Å²) in [6.45, 7) is 6.66. The van der Waals surface area contributed by atoms with Crippen LogP contribution in [0.5, 0.6) is 0 Å². The van der Waals surface area contributed by atoms with Crippen LogP contribution in [0.15, 0.2) is 18.2 Å². The van der Waals surface area contributed by atoms with Gasteiger partial charge in [0.1, 0.15) is 0 Å². The maximum atomic E-state index is 6.24. The Hall–Kier alpha value is -0.240. The van der Waals surface area contributed by atoms with Crippen molar-refractivity contribution in [3.8, 4) is 0 Å². The van der Waals surface area contributed by atoms with Gasteiger partial charge in [-0.2, -0.15) is 0 Å². The molecule has 0 aliphatic heterocycles. The Bertz CT molecular complexity index is 423. The smallest absolute Gasteiger partial charge is 0.0595 e. The van der Waals surface area contributed by atoms with E-state index in [0.29, 0.717) is 16.1 Å². The van der Waals surface area contributed by atoms with E-state index < -0.39 is 0 Å². The molecule has 1 aliphatic carbocycles. The molecule has 1 unspecified atom stereocenters. The van der Waals surface area contributed by atoms with Crippen molar-refractivity contribution in [2.45, 2.75) is 52.0 Å². The minimum absolute atomic E-state index is 0.486. The number of halogens is 2. The quantitative estimate of drug-likeness (QED) is 0.648. The largest absolute Gasteiger partial charge is 0.297 e. The highest BCUT2D eigenvalue weighted by molar-refractivity contribution is 6.42. The van der Waals surface area contributed by atoms with Gasteiger partial charge in [-0.05, 0) is 49.5 Å². The van der Waals surface area contributed by atoms with Gasteiger partial charge in [-0.1, -0.05) is 62.4 Å². The zero-order valence-corrected chi connectivity index (χ0v) is 14.1. The van der Waals surface area contributed by atoms with Gasteiger partial charge in [-0.3, -0.25) is 4.90 Å².